The van der Waals surface area contributed by atoms with Gasteiger partial charge in [-0.2, -0.15) is 13.2 Å². The van der Waals surface area contributed by atoms with Crippen molar-refractivity contribution in [2.24, 2.45) is 5.92 Å². The summed E-state index contributed by atoms with van der Waals surface area (Å²) in [4.78, 5) is 41.2. The predicted octanol–water partition coefficient (Wildman–Crippen LogP) is 6.39. The Bertz CT molecular complexity index is 1690. The molecular weight excluding hydrogens is 630 g/mol. The number of aliphatic carboxylic acids is 1. The van der Waals surface area contributed by atoms with Crippen LogP contribution >= 0.6 is 0 Å². The van der Waals surface area contributed by atoms with E-state index in [2.05, 4.69) is 5.32 Å². The van der Waals surface area contributed by atoms with Crippen LogP contribution in [-0.2, 0) is 26.9 Å². The lowest BCUT2D eigenvalue weighted by atomic mass is 9.90. The fraction of sp³-hybridized carbons (Fsp3) is 0.472. The summed E-state index contributed by atoms with van der Waals surface area (Å²) < 4.78 is 64.2. The molecule has 0 bridgehead atoms. The molecule has 3 aromatic rings. The first kappa shape index (κ1) is 36.8. The van der Waals surface area contributed by atoms with E-state index >= 15 is 4.39 Å². The number of pyridine rings is 1. The number of aromatic nitrogens is 1. The highest BCUT2D eigenvalue weighted by molar-refractivity contribution is 5.82. The molecule has 2 unspecified atom stereocenters. The highest BCUT2D eigenvalue weighted by atomic mass is 19.4. The summed E-state index contributed by atoms with van der Waals surface area (Å²) in [5.74, 6) is -2.98. The normalized spacial score (nSPS) is 15.3. The number of hydrogen-bond acceptors (Lipinski definition) is 5. The molecule has 2 aromatic carbocycles. The zero-order valence-electron chi connectivity index (χ0n) is 28.1. The summed E-state index contributed by atoms with van der Waals surface area (Å²) in [6.45, 7) is 10.4. The summed E-state index contributed by atoms with van der Waals surface area (Å²) in [5, 5.41) is 12.4. The number of carboxylic acid groups (broad SMARTS) is 1. The van der Waals surface area contributed by atoms with Gasteiger partial charge in [0, 0.05) is 44.6 Å². The number of ether oxygens (including phenoxy) is 1. The van der Waals surface area contributed by atoms with E-state index in [9.17, 15) is 32.7 Å². The van der Waals surface area contributed by atoms with Gasteiger partial charge >= 0.3 is 12.1 Å². The summed E-state index contributed by atoms with van der Waals surface area (Å²) in [6.07, 6.45) is -4.34. The smallest absolute Gasteiger partial charge is 0.416 e. The van der Waals surface area contributed by atoms with Crippen molar-refractivity contribution in [2.45, 2.75) is 78.2 Å². The van der Waals surface area contributed by atoms with Crippen LogP contribution in [0.25, 0.3) is 11.1 Å². The third-order valence-corrected chi connectivity index (χ3v) is 8.88. The molecule has 48 heavy (non-hydrogen) atoms. The fourth-order valence-corrected chi connectivity index (χ4v) is 6.37. The third kappa shape index (κ3) is 8.51. The van der Waals surface area contributed by atoms with E-state index in [0.29, 0.717) is 24.7 Å². The Hall–Kier alpha value is -4.03. The second kappa shape index (κ2) is 15.0. The van der Waals surface area contributed by atoms with Gasteiger partial charge in [0.1, 0.15) is 11.9 Å². The quantitative estimate of drug-likeness (QED) is 0.204. The molecule has 1 amide bonds. The van der Waals surface area contributed by atoms with E-state index in [1.54, 1.807) is 33.9 Å². The molecular formula is C36H43F4N3O5. The van der Waals surface area contributed by atoms with Crippen LogP contribution in [0.4, 0.5) is 17.6 Å². The Kier molecular flexibility index (Phi) is 11.5. The van der Waals surface area contributed by atoms with Gasteiger partial charge in [-0.25, -0.2) is 4.39 Å². The van der Waals surface area contributed by atoms with Gasteiger partial charge in [-0.15, -0.1) is 0 Å². The number of halogens is 4. The van der Waals surface area contributed by atoms with E-state index in [1.807, 2.05) is 36.9 Å². The van der Waals surface area contributed by atoms with Gasteiger partial charge in [-0.3, -0.25) is 19.3 Å². The zero-order chi connectivity index (χ0) is 35.5. The molecule has 0 saturated carbocycles. The molecule has 0 aliphatic carbocycles. The van der Waals surface area contributed by atoms with Gasteiger partial charge in [0.25, 0.3) is 5.56 Å². The monoisotopic (exact) mass is 673 g/mol. The molecule has 1 aromatic heterocycles. The minimum absolute atomic E-state index is 0.00830. The molecule has 0 spiro atoms. The van der Waals surface area contributed by atoms with E-state index in [4.69, 9.17) is 4.74 Å². The molecule has 2 heterocycles. The van der Waals surface area contributed by atoms with E-state index in [0.717, 1.165) is 27.5 Å². The standard InChI is InChI=1S/C36H43F4N3O5/c1-20(2)12-30(43-17-24(10-11-42-18-26(19-42)48-6)28(15-31(43)44)36(38,39)40)35(47)41-29(16-32(45)46)27-14-25(13-23(5)34(27)37)33-21(3)8-7-9-22(33)4/h7-9,13-15,17,20,26,29-30H,10-12,16,18-19H2,1-6H3,(H,41,47)(H,45,46). The van der Waals surface area contributed by atoms with Gasteiger partial charge in [-0.1, -0.05) is 32.0 Å². The molecule has 1 fully saturated rings. The molecule has 2 N–H and O–H groups in total. The second-order valence-electron chi connectivity index (χ2n) is 13.1. The Morgan fingerprint density at radius 2 is 1.71 bits per heavy atom. The van der Waals surface area contributed by atoms with Crippen molar-refractivity contribution in [3.8, 4) is 11.1 Å². The molecule has 12 heteroatoms. The lowest BCUT2D eigenvalue weighted by molar-refractivity contribution is -0.139. The Balaban J connectivity index is 1.74. The predicted molar refractivity (Wildman–Crippen MR) is 174 cm³/mol. The van der Waals surface area contributed by atoms with Crippen LogP contribution in [-0.4, -0.2) is 59.3 Å². The summed E-state index contributed by atoms with van der Waals surface area (Å²) in [5.41, 5.74) is 1.30. The van der Waals surface area contributed by atoms with Crippen LogP contribution in [0, 0.1) is 32.5 Å². The highest BCUT2D eigenvalue weighted by Gasteiger charge is 2.36. The van der Waals surface area contributed by atoms with Crippen molar-refractivity contribution in [3.05, 3.63) is 92.1 Å². The topological polar surface area (TPSA) is 101 Å². The maximum absolute atomic E-state index is 15.8. The minimum atomic E-state index is -4.80. The van der Waals surface area contributed by atoms with E-state index < -0.39 is 53.5 Å². The molecule has 0 radical (unpaired) electrons. The fourth-order valence-electron chi connectivity index (χ4n) is 6.37. The number of nitrogens with zero attached hydrogens (tertiary/aromatic N) is 2. The largest absolute Gasteiger partial charge is 0.481 e. The van der Waals surface area contributed by atoms with Crippen molar-refractivity contribution in [1.29, 1.82) is 0 Å². The Morgan fingerprint density at radius 1 is 1.06 bits per heavy atom. The number of alkyl halides is 3. The highest BCUT2D eigenvalue weighted by Crippen LogP contribution is 2.35. The molecule has 1 aliphatic rings. The van der Waals surface area contributed by atoms with E-state index in [-0.39, 0.29) is 48.1 Å². The molecule has 1 aliphatic heterocycles. The van der Waals surface area contributed by atoms with Crippen LogP contribution in [0.3, 0.4) is 0 Å². The maximum Gasteiger partial charge on any atom is 0.416 e. The summed E-state index contributed by atoms with van der Waals surface area (Å²) >= 11 is 0. The lowest BCUT2D eigenvalue weighted by Crippen LogP contribution is -2.52. The summed E-state index contributed by atoms with van der Waals surface area (Å²) in [6, 6.07) is 6.77. The zero-order valence-corrected chi connectivity index (χ0v) is 28.1. The number of carboxylic acids is 1. The third-order valence-electron chi connectivity index (χ3n) is 8.88. The van der Waals surface area contributed by atoms with Crippen LogP contribution in [0.1, 0.15) is 72.2 Å². The number of carbonyl (C=O) groups is 2. The molecule has 2 atom stereocenters. The van der Waals surface area contributed by atoms with Crippen molar-refractivity contribution >= 4 is 11.9 Å². The number of nitrogens with one attached hydrogen (secondary N) is 1. The number of benzene rings is 2. The number of methoxy groups -OCH3 is 1. The van der Waals surface area contributed by atoms with Crippen molar-refractivity contribution < 1.29 is 37.0 Å². The molecule has 1 saturated heterocycles. The van der Waals surface area contributed by atoms with Crippen LogP contribution in [0.5, 0.6) is 0 Å². The number of aryl methyl sites for hydroxylation is 3. The van der Waals surface area contributed by atoms with Crippen LogP contribution in [0.15, 0.2) is 47.4 Å². The number of carbonyl (C=O) groups excluding carboxylic acids is 1. The van der Waals surface area contributed by atoms with Crippen molar-refractivity contribution in [2.75, 3.05) is 26.7 Å². The van der Waals surface area contributed by atoms with Crippen LogP contribution < -0.4 is 10.9 Å². The Morgan fingerprint density at radius 3 is 2.27 bits per heavy atom. The van der Waals surface area contributed by atoms with Crippen molar-refractivity contribution in [3.63, 3.8) is 0 Å². The SMILES string of the molecule is COC1CN(CCc2cn(C(CC(C)C)C(=O)NC(CC(=O)O)c3cc(-c4c(C)cccc4C)cc(C)c3F)c(=O)cc2C(F)(F)F)C1. The lowest BCUT2D eigenvalue weighted by Gasteiger charge is -2.38. The molecule has 260 valence electrons. The maximum atomic E-state index is 15.8. The first-order chi connectivity index (χ1) is 22.5. The van der Waals surface area contributed by atoms with E-state index in [1.165, 1.54) is 6.07 Å². The first-order valence-electron chi connectivity index (χ1n) is 16.0. The Labute approximate surface area is 277 Å². The number of hydrogen-bond donors (Lipinski definition) is 2. The van der Waals surface area contributed by atoms with Gasteiger partial charge in [0.05, 0.1) is 24.1 Å². The average molecular weight is 674 g/mol. The van der Waals surface area contributed by atoms with Gasteiger partial charge in [0.15, 0.2) is 0 Å². The summed E-state index contributed by atoms with van der Waals surface area (Å²) in [7, 11) is 1.57. The van der Waals surface area contributed by atoms with Crippen molar-refractivity contribution in [1.82, 2.24) is 14.8 Å². The van der Waals surface area contributed by atoms with Crippen LogP contribution in [0.2, 0.25) is 0 Å². The average Bonchev–Trinajstić information content (AvgIpc) is 2.96. The second-order valence-corrected chi connectivity index (χ2v) is 13.1. The molecule has 8 nitrogen and oxygen atoms in total. The number of amides is 1. The van der Waals surface area contributed by atoms with Gasteiger partial charge in [0.2, 0.25) is 5.91 Å². The molecule has 4 rings (SSSR count). The number of likely N-dealkylation sites (tertiary alicyclic amines) is 1. The minimum Gasteiger partial charge on any atom is -0.481 e. The number of rotatable bonds is 13. The van der Waals surface area contributed by atoms with Gasteiger partial charge < -0.3 is 19.7 Å². The first-order valence-corrected chi connectivity index (χ1v) is 16.0. The van der Waals surface area contributed by atoms with Gasteiger partial charge in [-0.05, 0) is 85.0 Å².